The van der Waals surface area contributed by atoms with Crippen LogP contribution in [0.3, 0.4) is 0 Å². The van der Waals surface area contributed by atoms with Crippen molar-refractivity contribution >= 4 is 11.6 Å². The van der Waals surface area contributed by atoms with Gasteiger partial charge in [0.25, 0.3) is 5.91 Å². The van der Waals surface area contributed by atoms with Crippen LogP contribution in [0.2, 0.25) is 0 Å². The molecular formula is C14H23N3O. The number of carbonyl (C=O) groups is 1. The number of rotatable bonds is 6. The Bertz CT molecular complexity index is 390. The molecule has 1 rings (SSSR count). The number of aromatic nitrogens is 1. The van der Waals surface area contributed by atoms with Crippen molar-refractivity contribution in [3.05, 3.63) is 24.0 Å². The number of anilines is 1. The van der Waals surface area contributed by atoms with Crippen molar-refractivity contribution in [1.29, 1.82) is 0 Å². The summed E-state index contributed by atoms with van der Waals surface area (Å²) in [6.07, 6.45) is 3.29. The summed E-state index contributed by atoms with van der Waals surface area (Å²) < 4.78 is 0. The molecule has 1 heterocycles. The highest BCUT2D eigenvalue weighted by Crippen LogP contribution is 2.14. The fourth-order valence-corrected chi connectivity index (χ4v) is 1.50. The minimum absolute atomic E-state index is 0.0634. The molecule has 2 N–H and O–H groups in total. The molecule has 4 nitrogen and oxygen atoms in total. The molecule has 1 aromatic rings. The van der Waals surface area contributed by atoms with Gasteiger partial charge in [0, 0.05) is 25.5 Å². The number of nitrogens with one attached hydrogen (secondary N) is 2. The minimum Gasteiger partial charge on any atom is -0.385 e. The van der Waals surface area contributed by atoms with E-state index in [1.54, 1.807) is 12.4 Å². The zero-order valence-corrected chi connectivity index (χ0v) is 11.7. The van der Waals surface area contributed by atoms with Crippen LogP contribution in [0, 0.1) is 11.8 Å². The van der Waals surface area contributed by atoms with Gasteiger partial charge in [-0.2, -0.15) is 0 Å². The third-order valence-electron chi connectivity index (χ3n) is 3.16. The van der Waals surface area contributed by atoms with Gasteiger partial charge in [-0.05, 0) is 24.8 Å². The number of amides is 1. The van der Waals surface area contributed by atoms with E-state index in [0.29, 0.717) is 23.9 Å². The fraction of sp³-hybridized carbons (Fsp3) is 0.571. The third kappa shape index (κ3) is 4.02. The molecule has 0 saturated heterocycles. The van der Waals surface area contributed by atoms with Crippen LogP contribution in [0.4, 0.5) is 5.69 Å². The van der Waals surface area contributed by atoms with Crippen molar-refractivity contribution in [1.82, 2.24) is 10.3 Å². The van der Waals surface area contributed by atoms with Crippen molar-refractivity contribution in [2.75, 3.05) is 18.4 Å². The summed E-state index contributed by atoms with van der Waals surface area (Å²) in [5.41, 5.74) is 1.44. The molecule has 1 amide bonds. The number of carbonyl (C=O) groups excluding carboxylic acids is 1. The highest BCUT2D eigenvalue weighted by molar-refractivity contribution is 5.99. The van der Waals surface area contributed by atoms with Crippen molar-refractivity contribution < 1.29 is 4.79 Å². The largest absolute Gasteiger partial charge is 0.385 e. The Hall–Kier alpha value is -1.58. The summed E-state index contributed by atoms with van der Waals surface area (Å²) in [7, 11) is 0. The molecule has 18 heavy (non-hydrogen) atoms. The Kier molecular flexibility index (Phi) is 5.62. The second-order valence-corrected chi connectivity index (χ2v) is 4.88. The van der Waals surface area contributed by atoms with Crippen molar-refractivity contribution in [2.24, 2.45) is 11.8 Å². The van der Waals surface area contributed by atoms with Crippen molar-refractivity contribution in [2.45, 2.75) is 27.7 Å². The van der Waals surface area contributed by atoms with Crippen LogP contribution in [0.15, 0.2) is 18.5 Å². The predicted molar refractivity (Wildman–Crippen MR) is 74.7 cm³/mol. The normalized spacial score (nSPS) is 12.3. The van der Waals surface area contributed by atoms with E-state index in [-0.39, 0.29) is 5.91 Å². The molecule has 100 valence electrons. The van der Waals surface area contributed by atoms with E-state index < -0.39 is 0 Å². The molecule has 0 bridgehead atoms. The molecule has 0 aliphatic heterocycles. The summed E-state index contributed by atoms with van der Waals surface area (Å²) in [5.74, 6) is 0.965. The van der Waals surface area contributed by atoms with E-state index in [1.807, 2.05) is 13.0 Å². The molecule has 0 fully saturated rings. The zero-order chi connectivity index (χ0) is 13.5. The van der Waals surface area contributed by atoms with Crippen LogP contribution in [-0.4, -0.2) is 24.0 Å². The molecule has 0 aliphatic rings. The first-order valence-corrected chi connectivity index (χ1v) is 6.52. The Balaban J connectivity index is 2.66. The summed E-state index contributed by atoms with van der Waals surface area (Å²) in [6.45, 7) is 9.93. The van der Waals surface area contributed by atoms with Crippen LogP contribution in [0.5, 0.6) is 0 Å². The second-order valence-electron chi connectivity index (χ2n) is 4.88. The molecule has 0 radical (unpaired) electrons. The van der Waals surface area contributed by atoms with Gasteiger partial charge in [-0.25, -0.2) is 0 Å². The average molecular weight is 249 g/mol. The molecule has 4 heteroatoms. The molecule has 1 aromatic heterocycles. The van der Waals surface area contributed by atoms with Crippen molar-refractivity contribution in [3.63, 3.8) is 0 Å². The van der Waals surface area contributed by atoms with Gasteiger partial charge in [0.1, 0.15) is 0 Å². The first-order chi connectivity index (χ1) is 8.56. The molecule has 0 spiro atoms. The van der Waals surface area contributed by atoms with E-state index in [1.165, 1.54) is 0 Å². The lowest BCUT2D eigenvalue weighted by Gasteiger charge is -2.17. The van der Waals surface area contributed by atoms with E-state index >= 15 is 0 Å². The smallest absolute Gasteiger partial charge is 0.254 e. The number of nitrogens with zero attached hydrogens (tertiary/aromatic N) is 1. The molecule has 1 atom stereocenters. The van der Waals surface area contributed by atoms with E-state index in [9.17, 15) is 4.79 Å². The first-order valence-electron chi connectivity index (χ1n) is 6.52. The van der Waals surface area contributed by atoms with Crippen LogP contribution in [0.1, 0.15) is 38.1 Å². The van der Waals surface area contributed by atoms with Gasteiger partial charge in [-0.1, -0.05) is 20.8 Å². The predicted octanol–water partition coefficient (Wildman–Crippen LogP) is 2.54. The molecule has 0 aromatic carbocycles. The molecule has 0 saturated carbocycles. The maximum absolute atomic E-state index is 12.1. The van der Waals surface area contributed by atoms with E-state index in [4.69, 9.17) is 0 Å². The lowest BCUT2D eigenvalue weighted by Crippen LogP contribution is -2.30. The summed E-state index contributed by atoms with van der Waals surface area (Å²) >= 11 is 0. The van der Waals surface area contributed by atoms with Gasteiger partial charge in [-0.3, -0.25) is 9.78 Å². The number of pyridine rings is 1. The van der Waals surface area contributed by atoms with Gasteiger partial charge in [0.15, 0.2) is 0 Å². The van der Waals surface area contributed by atoms with Gasteiger partial charge in [0.05, 0.1) is 11.3 Å². The topological polar surface area (TPSA) is 54.0 Å². The standard InChI is InChI=1S/C14H23N3O/c1-5-16-13-6-7-15-9-12(13)14(18)17-8-11(4)10(2)3/h6-7,9-11H,5,8H2,1-4H3,(H,15,16)(H,17,18). The Morgan fingerprint density at radius 3 is 2.72 bits per heavy atom. The highest BCUT2D eigenvalue weighted by Gasteiger charge is 2.13. The average Bonchev–Trinajstić information content (AvgIpc) is 2.36. The van der Waals surface area contributed by atoms with Gasteiger partial charge < -0.3 is 10.6 Å². The van der Waals surface area contributed by atoms with Gasteiger partial charge >= 0.3 is 0 Å². The Labute approximate surface area is 109 Å². The zero-order valence-electron chi connectivity index (χ0n) is 11.7. The fourth-order valence-electron chi connectivity index (χ4n) is 1.50. The Morgan fingerprint density at radius 1 is 1.39 bits per heavy atom. The number of hydrogen-bond acceptors (Lipinski definition) is 3. The molecule has 0 aliphatic carbocycles. The minimum atomic E-state index is -0.0634. The van der Waals surface area contributed by atoms with Crippen LogP contribution in [-0.2, 0) is 0 Å². The quantitative estimate of drug-likeness (QED) is 0.814. The lowest BCUT2D eigenvalue weighted by molar-refractivity contribution is 0.0945. The highest BCUT2D eigenvalue weighted by atomic mass is 16.1. The number of hydrogen-bond donors (Lipinski definition) is 2. The summed E-state index contributed by atoms with van der Waals surface area (Å²) in [4.78, 5) is 16.1. The summed E-state index contributed by atoms with van der Waals surface area (Å²) in [6, 6.07) is 1.82. The Morgan fingerprint density at radius 2 is 2.11 bits per heavy atom. The second kappa shape index (κ2) is 6.99. The van der Waals surface area contributed by atoms with Crippen molar-refractivity contribution in [3.8, 4) is 0 Å². The monoisotopic (exact) mass is 249 g/mol. The molecule has 1 unspecified atom stereocenters. The van der Waals surface area contributed by atoms with E-state index in [2.05, 4.69) is 36.4 Å². The maximum Gasteiger partial charge on any atom is 0.254 e. The maximum atomic E-state index is 12.1. The SMILES string of the molecule is CCNc1ccncc1C(=O)NCC(C)C(C)C. The van der Waals surface area contributed by atoms with Crippen LogP contribution < -0.4 is 10.6 Å². The summed E-state index contributed by atoms with van der Waals surface area (Å²) in [5, 5.41) is 6.13. The van der Waals surface area contributed by atoms with Crippen LogP contribution in [0.25, 0.3) is 0 Å². The van der Waals surface area contributed by atoms with Gasteiger partial charge in [0.2, 0.25) is 0 Å². The first kappa shape index (κ1) is 14.5. The van der Waals surface area contributed by atoms with E-state index in [0.717, 1.165) is 12.2 Å². The van der Waals surface area contributed by atoms with Gasteiger partial charge in [-0.15, -0.1) is 0 Å². The molecular weight excluding hydrogens is 226 g/mol. The van der Waals surface area contributed by atoms with Crippen LogP contribution >= 0.6 is 0 Å². The lowest BCUT2D eigenvalue weighted by atomic mass is 9.98. The third-order valence-corrected chi connectivity index (χ3v) is 3.16.